The maximum atomic E-state index is 12.8. The zero-order chi connectivity index (χ0) is 46.2. The third kappa shape index (κ3) is 50.3. The SMILES string of the molecule is CC/C=C\C/C=C\C/C=C\C/C=C\C/C=C\C/C=C\CCCCCCC(=O)OC(COCCCCCCCCCC/C=C\C/C=C\CCCCC)COP(=O)(O)OCC[N+](C)(C)C. The van der Waals surface area contributed by atoms with Gasteiger partial charge in [0.05, 0.1) is 34.4 Å². The summed E-state index contributed by atoms with van der Waals surface area (Å²) in [7, 11) is 1.63. The Bertz CT molecular complexity index is 1320. The van der Waals surface area contributed by atoms with Crippen molar-refractivity contribution in [2.24, 2.45) is 0 Å². The molecule has 0 saturated heterocycles. The normalized spacial score (nSPS) is 14.4. The Labute approximate surface area is 387 Å². The Hall–Kier alpha value is -2.58. The van der Waals surface area contributed by atoms with E-state index in [0.29, 0.717) is 24.1 Å². The molecule has 0 aliphatic carbocycles. The van der Waals surface area contributed by atoms with Crippen LogP contribution in [0.5, 0.6) is 0 Å². The first-order valence-corrected chi connectivity index (χ1v) is 26.5. The van der Waals surface area contributed by atoms with Crippen molar-refractivity contribution in [2.75, 3.05) is 54.1 Å². The van der Waals surface area contributed by atoms with E-state index in [-0.39, 0.29) is 25.8 Å². The first-order valence-electron chi connectivity index (χ1n) is 25.0. The number of quaternary nitrogens is 1. The largest absolute Gasteiger partial charge is 0.472 e. The van der Waals surface area contributed by atoms with Crippen LogP contribution in [-0.2, 0) is 27.9 Å². The molecule has 0 rings (SSSR count). The maximum Gasteiger partial charge on any atom is 0.472 e. The first-order chi connectivity index (χ1) is 30.6. The molecule has 0 saturated carbocycles. The molecule has 63 heavy (non-hydrogen) atoms. The minimum absolute atomic E-state index is 0.0764. The average molecular weight is 901 g/mol. The van der Waals surface area contributed by atoms with Gasteiger partial charge in [-0.3, -0.25) is 13.8 Å². The lowest BCUT2D eigenvalue weighted by Crippen LogP contribution is -2.37. The number of likely N-dealkylation sites (N-methyl/N-ethyl adjacent to an activating group) is 1. The highest BCUT2D eigenvalue weighted by molar-refractivity contribution is 7.47. The zero-order valence-electron chi connectivity index (χ0n) is 41.0. The van der Waals surface area contributed by atoms with Crippen LogP contribution in [0.3, 0.4) is 0 Å². The van der Waals surface area contributed by atoms with Crippen molar-refractivity contribution >= 4 is 13.8 Å². The van der Waals surface area contributed by atoms with Gasteiger partial charge < -0.3 is 18.9 Å². The lowest BCUT2D eigenvalue weighted by Gasteiger charge is -2.24. The number of unbranched alkanes of at least 4 members (excludes halogenated alkanes) is 15. The predicted octanol–water partition coefficient (Wildman–Crippen LogP) is 15.4. The number of ether oxygens (including phenoxy) is 2. The van der Waals surface area contributed by atoms with Gasteiger partial charge in [-0.1, -0.05) is 175 Å². The van der Waals surface area contributed by atoms with Gasteiger partial charge in [-0.25, -0.2) is 4.57 Å². The smallest absolute Gasteiger partial charge is 0.457 e. The summed E-state index contributed by atoms with van der Waals surface area (Å²) in [5.41, 5.74) is 0. The van der Waals surface area contributed by atoms with Gasteiger partial charge in [-0.15, -0.1) is 0 Å². The molecular weight excluding hydrogens is 806 g/mol. The summed E-state index contributed by atoms with van der Waals surface area (Å²) < 4.78 is 35.1. The summed E-state index contributed by atoms with van der Waals surface area (Å²) in [6.45, 7) is 5.42. The molecule has 0 aliphatic heterocycles. The van der Waals surface area contributed by atoms with Crippen LogP contribution in [0.4, 0.5) is 0 Å². The molecule has 0 aliphatic rings. The second-order valence-corrected chi connectivity index (χ2v) is 18.9. The molecule has 0 bridgehead atoms. The molecule has 0 radical (unpaired) electrons. The van der Waals surface area contributed by atoms with E-state index < -0.39 is 13.9 Å². The standard InChI is InChI=1S/C54H94NO7P/c1-6-8-10-12-14-16-18-20-22-24-26-27-28-29-30-31-33-35-37-39-41-43-45-47-54(56)62-53(52-61-63(57,58)60-50-48-55(3,4)5)51-59-49-46-44-42-40-38-36-34-32-25-23-21-19-17-15-13-11-9-7-2/h8,10,14-17,20-23,26-27,29-30,33,35,53H,6-7,9,11-13,18-19,24-25,28,31-32,34,36-52H2,1-5H3/p+1/b10-8-,16-14-,17-15-,22-20-,23-21-,27-26-,30-29-,35-33-. The summed E-state index contributed by atoms with van der Waals surface area (Å²) in [5.74, 6) is -0.343. The zero-order valence-corrected chi connectivity index (χ0v) is 41.9. The number of hydrogen-bond donors (Lipinski definition) is 1. The highest BCUT2D eigenvalue weighted by atomic mass is 31.2. The van der Waals surface area contributed by atoms with Crippen molar-refractivity contribution in [1.29, 1.82) is 0 Å². The molecule has 0 aromatic heterocycles. The van der Waals surface area contributed by atoms with Crippen LogP contribution in [0.15, 0.2) is 97.2 Å². The fraction of sp³-hybridized carbons (Fsp3) is 0.685. The number of allylic oxidation sites excluding steroid dienone is 16. The summed E-state index contributed by atoms with van der Waals surface area (Å²) in [6, 6.07) is 0. The Morgan fingerprint density at radius 2 is 0.921 bits per heavy atom. The van der Waals surface area contributed by atoms with Gasteiger partial charge in [0.1, 0.15) is 19.3 Å². The third-order valence-electron chi connectivity index (χ3n) is 10.1. The molecular formula is C54H95NO7P+. The Kier molecular flexibility index (Phi) is 44.1. The number of nitrogens with zero attached hydrogens (tertiary/aromatic N) is 1. The van der Waals surface area contributed by atoms with Gasteiger partial charge in [-0.05, 0) is 96.3 Å². The van der Waals surface area contributed by atoms with Crippen molar-refractivity contribution in [3.63, 3.8) is 0 Å². The Morgan fingerprint density at radius 3 is 1.38 bits per heavy atom. The fourth-order valence-corrected chi connectivity index (χ4v) is 7.03. The second-order valence-electron chi connectivity index (χ2n) is 17.5. The highest BCUT2D eigenvalue weighted by Gasteiger charge is 2.26. The quantitative estimate of drug-likeness (QED) is 0.0214. The van der Waals surface area contributed by atoms with Gasteiger partial charge in [0, 0.05) is 13.0 Å². The minimum Gasteiger partial charge on any atom is -0.457 e. The second kappa shape index (κ2) is 46.0. The maximum absolute atomic E-state index is 12.8. The summed E-state index contributed by atoms with van der Waals surface area (Å²) in [4.78, 5) is 23.0. The fourth-order valence-electron chi connectivity index (χ4n) is 6.29. The van der Waals surface area contributed by atoms with Crippen molar-refractivity contribution < 1.29 is 37.3 Å². The summed E-state index contributed by atoms with van der Waals surface area (Å²) in [6.07, 6.45) is 63.0. The van der Waals surface area contributed by atoms with Gasteiger partial charge in [0.15, 0.2) is 0 Å². The van der Waals surface area contributed by atoms with Crippen LogP contribution in [0.1, 0.15) is 181 Å². The van der Waals surface area contributed by atoms with E-state index in [1.807, 2.05) is 21.1 Å². The van der Waals surface area contributed by atoms with Crippen molar-refractivity contribution in [3.8, 4) is 0 Å². The molecule has 0 aromatic rings. The lowest BCUT2D eigenvalue weighted by molar-refractivity contribution is -0.870. The number of phosphoric acid groups is 1. The molecule has 2 atom stereocenters. The van der Waals surface area contributed by atoms with E-state index in [1.165, 1.54) is 70.6 Å². The van der Waals surface area contributed by atoms with Crippen LogP contribution in [0.2, 0.25) is 0 Å². The van der Waals surface area contributed by atoms with Crippen LogP contribution < -0.4 is 0 Å². The van der Waals surface area contributed by atoms with E-state index in [0.717, 1.165) is 89.9 Å². The number of hydrogen-bond acceptors (Lipinski definition) is 6. The van der Waals surface area contributed by atoms with E-state index in [9.17, 15) is 14.3 Å². The monoisotopic (exact) mass is 901 g/mol. The molecule has 362 valence electrons. The average Bonchev–Trinajstić information content (AvgIpc) is 3.24. The molecule has 1 N–H and O–H groups in total. The van der Waals surface area contributed by atoms with Gasteiger partial charge in [-0.2, -0.15) is 0 Å². The van der Waals surface area contributed by atoms with E-state index in [1.54, 1.807) is 0 Å². The molecule has 9 heteroatoms. The van der Waals surface area contributed by atoms with Gasteiger partial charge >= 0.3 is 13.8 Å². The predicted molar refractivity (Wildman–Crippen MR) is 270 cm³/mol. The van der Waals surface area contributed by atoms with Gasteiger partial charge in [0.2, 0.25) is 0 Å². The molecule has 0 aromatic carbocycles. The van der Waals surface area contributed by atoms with Crippen LogP contribution >= 0.6 is 7.82 Å². The van der Waals surface area contributed by atoms with E-state index >= 15 is 0 Å². The lowest BCUT2D eigenvalue weighted by atomic mass is 10.1. The summed E-state index contributed by atoms with van der Waals surface area (Å²) >= 11 is 0. The molecule has 0 heterocycles. The van der Waals surface area contributed by atoms with Crippen molar-refractivity contribution in [1.82, 2.24) is 0 Å². The highest BCUT2D eigenvalue weighted by Crippen LogP contribution is 2.43. The molecule has 0 fully saturated rings. The van der Waals surface area contributed by atoms with E-state index in [2.05, 4.69) is 111 Å². The number of esters is 1. The Morgan fingerprint density at radius 1 is 0.508 bits per heavy atom. The van der Waals surface area contributed by atoms with Gasteiger partial charge in [0.25, 0.3) is 0 Å². The Balaban J connectivity index is 4.27. The number of carbonyl (C=O) groups is 1. The first kappa shape index (κ1) is 60.4. The molecule has 8 nitrogen and oxygen atoms in total. The van der Waals surface area contributed by atoms with Crippen LogP contribution in [-0.4, -0.2) is 75.6 Å². The minimum atomic E-state index is -4.30. The summed E-state index contributed by atoms with van der Waals surface area (Å²) in [5, 5.41) is 0. The van der Waals surface area contributed by atoms with E-state index in [4.69, 9.17) is 18.5 Å². The molecule has 0 amide bonds. The number of rotatable bonds is 45. The topological polar surface area (TPSA) is 91.3 Å². The number of phosphoric ester groups is 1. The number of carbonyl (C=O) groups excluding carboxylic acids is 1. The molecule has 0 spiro atoms. The van der Waals surface area contributed by atoms with Crippen molar-refractivity contribution in [3.05, 3.63) is 97.2 Å². The third-order valence-corrected chi connectivity index (χ3v) is 11.1. The van der Waals surface area contributed by atoms with Crippen LogP contribution in [0.25, 0.3) is 0 Å². The van der Waals surface area contributed by atoms with Crippen LogP contribution in [0, 0.1) is 0 Å². The van der Waals surface area contributed by atoms with Crippen molar-refractivity contribution in [2.45, 2.75) is 187 Å². The molecule has 2 unspecified atom stereocenters.